The van der Waals surface area contributed by atoms with Gasteiger partial charge in [-0.2, -0.15) is 0 Å². The zero-order valence-corrected chi connectivity index (χ0v) is 10.5. The van der Waals surface area contributed by atoms with Crippen molar-refractivity contribution in [3.8, 4) is 0 Å². The van der Waals surface area contributed by atoms with Gasteiger partial charge in [-0.05, 0) is 25.1 Å². The topological polar surface area (TPSA) is 50.9 Å². The van der Waals surface area contributed by atoms with Crippen molar-refractivity contribution in [2.75, 3.05) is 11.1 Å². The molecule has 6 heteroatoms. The summed E-state index contributed by atoms with van der Waals surface area (Å²) in [5, 5.41) is 5.74. The van der Waals surface area contributed by atoms with Crippen LogP contribution in [0.1, 0.15) is 30.0 Å². The zero-order chi connectivity index (χ0) is 13.1. The van der Waals surface area contributed by atoms with Crippen LogP contribution in [-0.2, 0) is 0 Å². The van der Waals surface area contributed by atoms with Crippen molar-refractivity contribution in [1.82, 2.24) is 4.98 Å². The molecule has 0 fully saturated rings. The lowest BCUT2D eigenvalue weighted by Crippen LogP contribution is -2.08. The third-order valence-electron chi connectivity index (χ3n) is 2.50. The van der Waals surface area contributed by atoms with Gasteiger partial charge in [-0.15, -0.1) is 11.3 Å². The molecule has 3 nitrogen and oxygen atoms in total. The van der Waals surface area contributed by atoms with Crippen LogP contribution in [0.2, 0.25) is 0 Å². The number of hydrogen-bond acceptors (Lipinski definition) is 4. The van der Waals surface area contributed by atoms with Crippen molar-refractivity contribution >= 4 is 22.7 Å². The summed E-state index contributed by atoms with van der Waals surface area (Å²) in [6.07, 6.45) is -0.866. The van der Waals surface area contributed by atoms with E-state index in [4.69, 9.17) is 5.73 Å². The third-order valence-corrected chi connectivity index (χ3v) is 3.46. The van der Waals surface area contributed by atoms with Crippen LogP contribution in [-0.4, -0.2) is 4.98 Å². The minimum atomic E-state index is -2.56. The fourth-order valence-corrected chi connectivity index (χ4v) is 2.28. The second-order valence-corrected chi connectivity index (χ2v) is 4.81. The predicted octanol–water partition coefficient (Wildman–Crippen LogP) is 3.84. The largest absolute Gasteiger partial charge is 0.399 e. The van der Waals surface area contributed by atoms with E-state index in [0.717, 1.165) is 5.01 Å². The Morgan fingerprint density at radius 1 is 1.39 bits per heavy atom. The molecule has 0 saturated carbocycles. The molecule has 2 rings (SSSR count). The van der Waals surface area contributed by atoms with Gasteiger partial charge in [-0.3, -0.25) is 0 Å². The maximum Gasteiger partial charge on any atom is 0.265 e. The van der Waals surface area contributed by atoms with Crippen molar-refractivity contribution in [2.45, 2.75) is 19.4 Å². The molecule has 1 heterocycles. The lowest BCUT2D eigenvalue weighted by molar-refractivity contribution is 0.152. The molecule has 1 atom stereocenters. The number of nitrogens with zero attached hydrogens (tertiary/aromatic N) is 1. The third kappa shape index (κ3) is 2.76. The molecule has 18 heavy (non-hydrogen) atoms. The van der Waals surface area contributed by atoms with E-state index in [1.54, 1.807) is 18.3 Å². The highest BCUT2D eigenvalue weighted by Gasteiger charge is 2.16. The molecular weight excluding hydrogens is 256 g/mol. The molecule has 3 N–H and O–H groups in total. The van der Waals surface area contributed by atoms with Crippen molar-refractivity contribution in [2.24, 2.45) is 0 Å². The highest BCUT2D eigenvalue weighted by molar-refractivity contribution is 7.09. The van der Waals surface area contributed by atoms with E-state index in [9.17, 15) is 8.78 Å². The molecule has 0 radical (unpaired) electrons. The Bertz CT molecular complexity index is 514. The number of halogens is 2. The van der Waals surface area contributed by atoms with Crippen LogP contribution >= 0.6 is 11.3 Å². The molecule has 0 saturated heterocycles. The van der Waals surface area contributed by atoms with E-state index in [2.05, 4.69) is 10.3 Å². The molecule has 0 amide bonds. The Morgan fingerprint density at radius 3 is 2.78 bits per heavy atom. The maximum absolute atomic E-state index is 12.9. The summed E-state index contributed by atoms with van der Waals surface area (Å²) in [7, 11) is 0. The summed E-state index contributed by atoms with van der Waals surface area (Å²) >= 11 is 1.48. The summed E-state index contributed by atoms with van der Waals surface area (Å²) in [5.41, 5.74) is 6.16. The Hall–Kier alpha value is -1.69. The predicted molar refractivity (Wildman–Crippen MR) is 70.0 cm³/mol. The molecule has 2 aromatic rings. The molecule has 1 aromatic heterocycles. The standard InChI is InChI=1S/C12H13F2N3S/c1-7(12-16-4-5-18-12)17-10-3-2-8(15)6-9(10)11(13)14/h2-7,11,17H,15H2,1H3. The SMILES string of the molecule is CC(Nc1ccc(N)cc1C(F)F)c1nccs1. The Labute approximate surface area is 108 Å². The van der Waals surface area contributed by atoms with E-state index in [1.165, 1.54) is 17.4 Å². The van der Waals surface area contributed by atoms with Crippen LogP contribution in [0.4, 0.5) is 20.2 Å². The number of anilines is 2. The average molecular weight is 269 g/mol. The van der Waals surface area contributed by atoms with Crippen molar-refractivity contribution in [3.63, 3.8) is 0 Å². The van der Waals surface area contributed by atoms with Gasteiger partial charge in [-0.25, -0.2) is 13.8 Å². The lowest BCUT2D eigenvalue weighted by atomic mass is 10.1. The second kappa shape index (κ2) is 5.30. The molecule has 0 spiro atoms. The smallest absolute Gasteiger partial charge is 0.265 e. The highest BCUT2D eigenvalue weighted by Crippen LogP contribution is 2.31. The van der Waals surface area contributed by atoms with E-state index in [-0.39, 0.29) is 11.6 Å². The summed E-state index contributed by atoms with van der Waals surface area (Å²) < 4.78 is 25.8. The van der Waals surface area contributed by atoms with Gasteiger partial charge in [0.2, 0.25) is 0 Å². The van der Waals surface area contributed by atoms with Gasteiger partial charge in [0.1, 0.15) is 5.01 Å². The van der Waals surface area contributed by atoms with Gasteiger partial charge in [0.15, 0.2) is 0 Å². The minimum absolute atomic E-state index is 0.0848. The minimum Gasteiger partial charge on any atom is -0.399 e. The zero-order valence-electron chi connectivity index (χ0n) is 9.73. The molecule has 0 aliphatic heterocycles. The first-order valence-corrected chi connectivity index (χ1v) is 6.29. The lowest BCUT2D eigenvalue weighted by Gasteiger charge is -2.16. The second-order valence-electron chi connectivity index (χ2n) is 3.88. The fourth-order valence-electron chi connectivity index (χ4n) is 1.64. The van der Waals surface area contributed by atoms with Gasteiger partial charge >= 0.3 is 0 Å². The van der Waals surface area contributed by atoms with Crippen LogP contribution < -0.4 is 11.1 Å². The van der Waals surface area contributed by atoms with Gasteiger partial charge in [0.25, 0.3) is 6.43 Å². The van der Waals surface area contributed by atoms with E-state index in [0.29, 0.717) is 11.4 Å². The molecule has 0 aliphatic carbocycles. The van der Waals surface area contributed by atoms with E-state index < -0.39 is 6.43 Å². The molecule has 1 unspecified atom stereocenters. The van der Waals surface area contributed by atoms with Gasteiger partial charge in [0, 0.05) is 28.5 Å². The first-order valence-electron chi connectivity index (χ1n) is 5.41. The Balaban J connectivity index is 2.23. The van der Waals surface area contributed by atoms with E-state index in [1.807, 2.05) is 12.3 Å². The highest BCUT2D eigenvalue weighted by atomic mass is 32.1. The first-order chi connectivity index (χ1) is 8.58. The number of nitrogens with one attached hydrogen (secondary N) is 1. The number of nitrogens with two attached hydrogens (primary N) is 1. The number of thiazole rings is 1. The molecule has 1 aromatic carbocycles. The van der Waals surface area contributed by atoms with Gasteiger partial charge < -0.3 is 11.1 Å². The molecule has 0 bridgehead atoms. The number of rotatable bonds is 4. The summed E-state index contributed by atoms with van der Waals surface area (Å²) in [5.74, 6) is 0. The monoisotopic (exact) mass is 269 g/mol. The van der Waals surface area contributed by atoms with Crippen LogP contribution in [0, 0.1) is 0 Å². The number of aromatic nitrogens is 1. The van der Waals surface area contributed by atoms with Crippen LogP contribution in [0.3, 0.4) is 0 Å². The van der Waals surface area contributed by atoms with Crippen molar-refractivity contribution < 1.29 is 8.78 Å². The normalized spacial score (nSPS) is 12.7. The molecular formula is C12H13F2N3S. The number of alkyl halides is 2. The quantitative estimate of drug-likeness (QED) is 0.829. The summed E-state index contributed by atoms with van der Waals surface area (Å²) in [6.45, 7) is 1.88. The summed E-state index contributed by atoms with van der Waals surface area (Å²) in [6, 6.07) is 4.34. The van der Waals surface area contributed by atoms with Gasteiger partial charge in [0.05, 0.1) is 6.04 Å². The van der Waals surface area contributed by atoms with Crippen molar-refractivity contribution in [1.29, 1.82) is 0 Å². The number of benzene rings is 1. The van der Waals surface area contributed by atoms with Crippen LogP contribution in [0.25, 0.3) is 0 Å². The Kier molecular flexibility index (Phi) is 3.76. The maximum atomic E-state index is 12.9. The molecule has 96 valence electrons. The fraction of sp³-hybridized carbons (Fsp3) is 0.250. The van der Waals surface area contributed by atoms with Crippen LogP contribution in [0.15, 0.2) is 29.8 Å². The van der Waals surface area contributed by atoms with Crippen LogP contribution in [0.5, 0.6) is 0 Å². The first kappa shape index (κ1) is 12.8. The Morgan fingerprint density at radius 2 is 2.17 bits per heavy atom. The summed E-state index contributed by atoms with van der Waals surface area (Å²) in [4.78, 5) is 4.15. The van der Waals surface area contributed by atoms with Crippen molar-refractivity contribution in [3.05, 3.63) is 40.3 Å². The number of nitrogen functional groups attached to an aromatic ring is 1. The van der Waals surface area contributed by atoms with E-state index >= 15 is 0 Å². The van der Waals surface area contributed by atoms with Gasteiger partial charge in [-0.1, -0.05) is 0 Å². The average Bonchev–Trinajstić information content (AvgIpc) is 2.84. The molecule has 0 aliphatic rings. The number of hydrogen-bond donors (Lipinski definition) is 2.